The molecule has 0 saturated heterocycles. The Balaban J connectivity index is 3.45. The Hall–Kier alpha value is -1.10. The van der Waals surface area contributed by atoms with Crippen LogP contribution in [-0.2, 0) is 23.8 Å². The summed E-state index contributed by atoms with van der Waals surface area (Å²) in [7, 11) is 1.66. The van der Waals surface area contributed by atoms with Gasteiger partial charge in [0, 0.05) is 26.6 Å². The Bertz CT molecular complexity index is 317. The lowest BCUT2D eigenvalue weighted by Crippen LogP contribution is -2.14. The lowest BCUT2D eigenvalue weighted by atomic mass is 10.1. The number of hydrogen-bond acceptors (Lipinski definition) is 5. The molecule has 1 unspecified atom stereocenters. The fourth-order valence-electron chi connectivity index (χ4n) is 2.23. The second-order valence-corrected chi connectivity index (χ2v) is 6.41. The van der Waals surface area contributed by atoms with Crippen LogP contribution in [0, 0.1) is 5.92 Å². The fourth-order valence-corrected chi connectivity index (χ4v) is 2.23. The van der Waals surface area contributed by atoms with Crippen molar-refractivity contribution < 1.29 is 23.8 Å². The summed E-state index contributed by atoms with van der Waals surface area (Å²) < 4.78 is 15.3. The molecule has 0 radical (unpaired) electrons. The second-order valence-electron chi connectivity index (χ2n) is 6.41. The zero-order valence-corrected chi connectivity index (χ0v) is 15.8. The molecule has 0 amide bonds. The second kappa shape index (κ2) is 16.7. The number of rotatable bonds is 16. The van der Waals surface area contributed by atoms with E-state index in [1.807, 2.05) is 6.92 Å². The Morgan fingerprint density at radius 1 is 0.833 bits per heavy atom. The third kappa shape index (κ3) is 15.8. The number of hydrogen-bond donors (Lipinski definition) is 0. The van der Waals surface area contributed by atoms with Crippen LogP contribution in [0.25, 0.3) is 0 Å². The molecule has 0 aromatic heterocycles. The fraction of sp³-hybridized carbons (Fsp3) is 0.895. The highest BCUT2D eigenvalue weighted by Crippen LogP contribution is 2.07. The summed E-state index contributed by atoms with van der Waals surface area (Å²) in [5, 5.41) is 0. The van der Waals surface area contributed by atoms with Gasteiger partial charge in [0.15, 0.2) is 0 Å². The molecule has 24 heavy (non-hydrogen) atoms. The molecule has 0 heterocycles. The first-order valence-corrected chi connectivity index (χ1v) is 9.40. The quantitative estimate of drug-likeness (QED) is 0.309. The van der Waals surface area contributed by atoms with Gasteiger partial charge in [0.2, 0.25) is 0 Å². The van der Waals surface area contributed by atoms with Gasteiger partial charge in [-0.2, -0.15) is 0 Å². The third-order valence-electron chi connectivity index (χ3n) is 3.87. The van der Waals surface area contributed by atoms with Gasteiger partial charge in [0.1, 0.15) is 0 Å². The summed E-state index contributed by atoms with van der Waals surface area (Å²) in [5.41, 5.74) is 0. The molecule has 0 aliphatic rings. The van der Waals surface area contributed by atoms with Crippen LogP contribution in [-0.4, -0.2) is 38.9 Å². The first-order valence-electron chi connectivity index (χ1n) is 9.40. The molecule has 0 aromatic rings. The molecule has 0 bridgehead atoms. The topological polar surface area (TPSA) is 61.8 Å². The zero-order valence-electron chi connectivity index (χ0n) is 15.8. The van der Waals surface area contributed by atoms with Crippen LogP contribution < -0.4 is 0 Å². The van der Waals surface area contributed by atoms with Crippen molar-refractivity contribution in [1.82, 2.24) is 0 Å². The van der Waals surface area contributed by atoms with E-state index < -0.39 is 0 Å². The van der Waals surface area contributed by atoms with E-state index in [-0.39, 0.29) is 30.7 Å². The Morgan fingerprint density at radius 3 is 2.12 bits per heavy atom. The van der Waals surface area contributed by atoms with Gasteiger partial charge in [-0.1, -0.05) is 46.0 Å². The summed E-state index contributed by atoms with van der Waals surface area (Å²) in [5.74, 6) is -0.177. The first-order chi connectivity index (χ1) is 11.6. The molecule has 0 aliphatic heterocycles. The van der Waals surface area contributed by atoms with E-state index in [4.69, 9.17) is 14.2 Å². The Morgan fingerprint density at radius 2 is 1.46 bits per heavy atom. The van der Waals surface area contributed by atoms with E-state index in [1.54, 1.807) is 7.11 Å². The van der Waals surface area contributed by atoms with Gasteiger partial charge in [0.05, 0.1) is 13.2 Å². The van der Waals surface area contributed by atoms with Crippen molar-refractivity contribution in [3.8, 4) is 0 Å². The number of carbonyl (C=O) groups excluding carboxylic acids is 2. The first kappa shape index (κ1) is 22.9. The van der Waals surface area contributed by atoms with Crippen LogP contribution in [0.1, 0.15) is 78.1 Å². The summed E-state index contributed by atoms with van der Waals surface area (Å²) in [4.78, 5) is 23.1. The van der Waals surface area contributed by atoms with Crippen LogP contribution in [0.2, 0.25) is 0 Å². The smallest absolute Gasteiger partial charge is 0.305 e. The standard InChI is InChI=1S/C19H36O5/c1-4-5-6-7-8-9-14-23-18(20)11-10-12-19(21)24-16-17(2)13-15-22-3/h17H,4-16H2,1-3H3. The number of ether oxygens (including phenoxy) is 3. The Kier molecular flexibility index (Phi) is 16.0. The SMILES string of the molecule is CCCCCCCCOC(=O)CCCC(=O)OCC(C)CCOC. The number of methoxy groups -OCH3 is 1. The van der Waals surface area contributed by atoms with Gasteiger partial charge in [-0.15, -0.1) is 0 Å². The molecule has 5 nitrogen and oxygen atoms in total. The molecule has 0 aliphatic carbocycles. The third-order valence-corrected chi connectivity index (χ3v) is 3.87. The maximum absolute atomic E-state index is 11.6. The maximum Gasteiger partial charge on any atom is 0.305 e. The summed E-state index contributed by atoms with van der Waals surface area (Å²) in [6.45, 7) is 5.78. The van der Waals surface area contributed by atoms with Crippen LogP contribution in [0.3, 0.4) is 0 Å². The summed E-state index contributed by atoms with van der Waals surface area (Å²) >= 11 is 0. The van der Waals surface area contributed by atoms with E-state index in [0.717, 1.165) is 19.3 Å². The average molecular weight is 344 g/mol. The highest BCUT2D eigenvalue weighted by molar-refractivity contribution is 5.72. The minimum Gasteiger partial charge on any atom is -0.466 e. The van der Waals surface area contributed by atoms with Crippen molar-refractivity contribution in [3.63, 3.8) is 0 Å². The summed E-state index contributed by atoms with van der Waals surface area (Å²) in [6, 6.07) is 0. The monoisotopic (exact) mass is 344 g/mol. The van der Waals surface area contributed by atoms with Crippen molar-refractivity contribution in [2.45, 2.75) is 78.1 Å². The van der Waals surface area contributed by atoms with E-state index in [2.05, 4.69) is 6.92 Å². The lowest BCUT2D eigenvalue weighted by Gasteiger charge is -2.11. The predicted octanol–water partition coefficient (Wildman–Crippen LogP) is 4.28. The van der Waals surface area contributed by atoms with Gasteiger partial charge in [0.25, 0.3) is 0 Å². The van der Waals surface area contributed by atoms with Crippen molar-refractivity contribution in [1.29, 1.82) is 0 Å². The van der Waals surface area contributed by atoms with Crippen molar-refractivity contribution >= 4 is 11.9 Å². The van der Waals surface area contributed by atoms with Gasteiger partial charge < -0.3 is 14.2 Å². The molecule has 1 atom stereocenters. The van der Waals surface area contributed by atoms with Crippen molar-refractivity contribution in [2.24, 2.45) is 5.92 Å². The maximum atomic E-state index is 11.6. The normalized spacial score (nSPS) is 12.0. The molecular weight excluding hydrogens is 308 g/mol. The van der Waals surface area contributed by atoms with Crippen molar-refractivity contribution in [2.75, 3.05) is 26.9 Å². The molecule has 0 N–H and O–H groups in total. The highest BCUT2D eigenvalue weighted by Gasteiger charge is 2.09. The molecule has 0 fully saturated rings. The molecular formula is C19H36O5. The molecule has 5 heteroatoms. The minimum absolute atomic E-state index is 0.218. The van der Waals surface area contributed by atoms with Gasteiger partial charge in [-0.3, -0.25) is 9.59 Å². The minimum atomic E-state index is -0.247. The largest absolute Gasteiger partial charge is 0.466 e. The number of carbonyl (C=O) groups is 2. The summed E-state index contributed by atoms with van der Waals surface area (Å²) in [6.07, 6.45) is 8.93. The van der Waals surface area contributed by atoms with E-state index >= 15 is 0 Å². The molecule has 0 spiro atoms. The molecule has 0 rings (SSSR count). The molecule has 0 aromatic carbocycles. The van der Waals surface area contributed by atoms with E-state index in [0.29, 0.717) is 26.2 Å². The average Bonchev–Trinajstić information content (AvgIpc) is 2.57. The van der Waals surface area contributed by atoms with Gasteiger partial charge in [-0.05, 0) is 25.2 Å². The van der Waals surface area contributed by atoms with E-state index in [1.165, 1.54) is 25.7 Å². The predicted molar refractivity (Wildman–Crippen MR) is 94.8 cm³/mol. The lowest BCUT2D eigenvalue weighted by molar-refractivity contribution is -0.146. The Labute approximate surface area is 147 Å². The van der Waals surface area contributed by atoms with Crippen LogP contribution >= 0.6 is 0 Å². The van der Waals surface area contributed by atoms with Gasteiger partial charge in [-0.25, -0.2) is 0 Å². The molecule has 0 saturated carbocycles. The highest BCUT2D eigenvalue weighted by atomic mass is 16.5. The van der Waals surface area contributed by atoms with Crippen molar-refractivity contribution in [3.05, 3.63) is 0 Å². The van der Waals surface area contributed by atoms with Crippen LogP contribution in [0.5, 0.6) is 0 Å². The van der Waals surface area contributed by atoms with Gasteiger partial charge >= 0.3 is 11.9 Å². The molecule has 142 valence electrons. The van der Waals surface area contributed by atoms with Crippen LogP contribution in [0.4, 0.5) is 0 Å². The van der Waals surface area contributed by atoms with Crippen LogP contribution in [0.15, 0.2) is 0 Å². The zero-order chi connectivity index (χ0) is 18.0. The number of esters is 2. The number of unbranched alkanes of at least 4 members (excludes halogenated alkanes) is 5. The van der Waals surface area contributed by atoms with E-state index in [9.17, 15) is 9.59 Å².